The third kappa shape index (κ3) is 2.65. The number of nitrogen functional groups attached to an aromatic ring is 1. The molecule has 0 aromatic heterocycles. The summed E-state index contributed by atoms with van der Waals surface area (Å²) in [5.74, 6) is 0. The molecule has 0 saturated carbocycles. The van der Waals surface area contributed by atoms with Crippen molar-refractivity contribution < 1.29 is 0 Å². The molecule has 0 aliphatic heterocycles. The highest BCUT2D eigenvalue weighted by Crippen LogP contribution is 2.27. The molecule has 0 radical (unpaired) electrons. The van der Waals surface area contributed by atoms with Gasteiger partial charge in [-0.2, -0.15) is 0 Å². The molecular weight excluding hydrogens is 229 g/mol. The molecule has 2 rings (SSSR count). The maximum Gasteiger partial charge on any atom is 0.0484 e. The van der Waals surface area contributed by atoms with Gasteiger partial charge in [-0.15, -0.1) is 12.4 Å². The number of halogens is 2. The Balaban J connectivity index is 0.00000112. The first-order chi connectivity index (χ1) is 6.77. The van der Waals surface area contributed by atoms with E-state index in [1.807, 2.05) is 48.5 Å². The van der Waals surface area contributed by atoms with Gasteiger partial charge in [-0.05, 0) is 23.8 Å². The standard InChI is InChI=1S/C12H10ClN.ClH/c13-12-4-2-1-3-11(12)9-5-7-10(14)8-6-9;/h1-8H,14H2;1H. The summed E-state index contributed by atoms with van der Waals surface area (Å²) in [4.78, 5) is 0. The van der Waals surface area contributed by atoms with Gasteiger partial charge in [0.15, 0.2) is 0 Å². The van der Waals surface area contributed by atoms with E-state index in [2.05, 4.69) is 0 Å². The van der Waals surface area contributed by atoms with E-state index in [1.54, 1.807) is 0 Å². The molecule has 1 nitrogen and oxygen atoms in total. The minimum Gasteiger partial charge on any atom is -0.399 e. The maximum absolute atomic E-state index is 6.07. The smallest absolute Gasteiger partial charge is 0.0484 e. The molecule has 0 aliphatic rings. The summed E-state index contributed by atoms with van der Waals surface area (Å²) in [6.45, 7) is 0. The third-order valence-corrected chi connectivity index (χ3v) is 2.43. The van der Waals surface area contributed by atoms with Crippen molar-refractivity contribution in [2.45, 2.75) is 0 Å². The summed E-state index contributed by atoms with van der Waals surface area (Å²) in [5, 5.41) is 0.761. The van der Waals surface area contributed by atoms with Gasteiger partial charge in [-0.25, -0.2) is 0 Å². The number of hydrogen-bond acceptors (Lipinski definition) is 1. The van der Waals surface area contributed by atoms with Crippen LogP contribution in [0.3, 0.4) is 0 Å². The largest absolute Gasteiger partial charge is 0.399 e. The van der Waals surface area contributed by atoms with Crippen molar-refractivity contribution in [3.63, 3.8) is 0 Å². The lowest BCUT2D eigenvalue weighted by atomic mass is 10.1. The fourth-order valence-corrected chi connectivity index (χ4v) is 1.60. The SMILES string of the molecule is Cl.Nc1ccc(-c2ccccc2Cl)cc1. The topological polar surface area (TPSA) is 26.0 Å². The van der Waals surface area contributed by atoms with E-state index in [0.717, 1.165) is 21.8 Å². The summed E-state index contributed by atoms with van der Waals surface area (Å²) in [6, 6.07) is 15.5. The lowest BCUT2D eigenvalue weighted by Gasteiger charge is -2.03. The molecule has 0 heterocycles. The first-order valence-electron chi connectivity index (χ1n) is 4.38. The number of rotatable bonds is 1. The predicted molar refractivity (Wildman–Crippen MR) is 68.5 cm³/mol. The van der Waals surface area contributed by atoms with Crippen LogP contribution in [-0.2, 0) is 0 Å². The molecule has 0 fully saturated rings. The molecule has 0 unspecified atom stereocenters. The van der Waals surface area contributed by atoms with Crippen LogP contribution in [0.2, 0.25) is 5.02 Å². The van der Waals surface area contributed by atoms with Gasteiger partial charge >= 0.3 is 0 Å². The third-order valence-electron chi connectivity index (χ3n) is 2.10. The van der Waals surface area contributed by atoms with E-state index >= 15 is 0 Å². The summed E-state index contributed by atoms with van der Waals surface area (Å²) in [7, 11) is 0. The molecule has 15 heavy (non-hydrogen) atoms. The zero-order chi connectivity index (χ0) is 9.97. The molecule has 0 aliphatic carbocycles. The van der Waals surface area contributed by atoms with E-state index in [0.29, 0.717) is 0 Å². The highest BCUT2D eigenvalue weighted by atomic mass is 35.5. The van der Waals surface area contributed by atoms with Gasteiger partial charge in [0.2, 0.25) is 0 Å². The average Bonchev–Trinajstić information content (AvgIpc) is 2.20. The zero-order valence-electron chi connectivity index (χ0n) is 7.98. The van der Waals surface area contributed by atoms with Crippen LogP contribution in [0.25, 0.3) is 11.1 Å². The minimum atomic E-state index is 0. The van der Waals surface area contributed by atoms with Crippen molar-refractivity contribution in [1.29, 1.82) is 0 Å². The number of hydrogen-bond donors (Lipinski definition) is 1. The molecule has 0 atom stereocenters. The van der Waals surface area contributed by atoms with Crippen LogP contribution in [0.15, 0.2) is 48.5 Å². The molecule has 2 N–H and O–H groups in total. The Kier molecular flexibility index (Phi) is 4.01. The Morgan fingerprint density at radius 1 is 0.867 bits per heavy atom. The first kappa shape index (κ1) is 11.9. The Bertz CT molecular complexity index is 438. The van der Waals surface area contributed by atoms with Crippen molar-refractivity contribution >= 4 is 29.7 Å². The van der Waals surface area contributed by atoms with Gasteiger partial charge in [-0.1, -0.05) is 41.9 Å². The van der Waals surface area contributed by atoms with Gasteiger partial charge in [0, 0.05) is 16.3 Å². The Morgan fingerprint density at radius 2 is 1.47 bits per heavy atom. The van der Waals surface area contributed by atoms with Gasteiger partial charge < -0.3 is 5.73 Å². The van der Waals surface area contributed by atoms with Crippen LogP contribution in [0, 0.1) is 0 Å². The van der Waals surface area contributed by atoms with Crippen molar-refractivity contribution in [1.82, 2.24) is 0 Å². The summed E-state index contributed by atoms with van der Waals surface area (Å²) < 4.78 is 0. The van der Waals surface area contributed by atoms with E-state index in [4.69, 9.17) is 17.3 Å². The van der Waals surface area contributed by atoms with Crippen molar-refractivity contribution in [3.05, 3.63) is 53.6 Å². The second kappa shape index (κ2) is 5.06. The van der Waals surface area contributed by atoms with Crippen LogP contribution < -0.4 is 5.73 Å². The Hall–Kier alpha value is -1.18. The highest BCUT2D eigenvalue weighted by Gasteiger charge is 2.00. The minimum absolute atomic E-state index is 0. The second-order valence-electron chi connectivity index (χ2n) is 3.10. The van der Waals surface area contributed by atoms with Gasteiger partial charge in [0.1, 0.15) is 0 Å². The Labute approximate surface area is 100 Å². The monoisotopic (exact) mass is 239 g/mol. The molecule has 3 heteroatoms. The van der Waals surface area contributed by atoms with Gasteiger partial charge in [-0.3, -0.25) is 0 Å². The molecule has 0 saturated heterocycles. The van der Waals surface area contributed by atoms with Gasteiger partial charge in [0.25, 0.3) is 0 Å². The summed E-state index contributed by atoms with van der Waals surface area (Å²) >= 11 is 6.07. The quantitative estimate of drug-likeness (QED) is 0.748. The van der Waals surface area contributed by atoms with Crippen molar-refractivity contribution in [2.75, 3.05) is 5.73 Å². The van der Waals surface area contributed by atoms with E-state index in [1.165, 1.54) is 0 Å². The molecule has 2 aromatic carbocycles. The first-order valence-corrected chi connectivity index (χ1v) is 4.75. The lowest BCUT2D eigenvalue weighted by molar-refractivity contribution is 1.61. The lowest BCUT2D eigenvalue weighted by Crippen LogP contribution is -1.84. The maximum atomic E-state index is 6.07. The van der Waals surface area contributed by atoms with Crippen LogP contribution in [0.5, 0.6) is 0 Å². The molecule has 0 spiro atoms. The molecular formula is C12H11Cl2N. The van der Waals surface area contributed by atoms with Crippen molar-refractivity contribution in [2.24, 2.45) is 0 Å². The molecule has 2 aromatic rings. The average molecular weight is 240 g/mol. The van der Waals surface area contributed by atoms with E-state index in [-0.39, 0.29) is 12.4 Å². The summed E-state index contributed by atoms with van der Waals surface area (Å²) in [5.41, 5.74) is 8.50. The second-order valence-corrected chi connectivity index (χ2v) is 3.51. The van der Waals surface area contributed by atoms with Gasteiger partial charge in [0.05, 0.1) is 0 Å². The van der Waals surface area contributed by atoms with E-state index < -0.39 is 0 Å². The normalized spacial score (nSPS) is 9.40. The molecule has 0 bridgehead atoms. The zero-order valence-corrected chi connectivity index (χ0v) is 9.55. The van der Waals surface area contributed by atoms with Crippen molar-refractivity contribution in [3.8, 4) is 11.1 Å². The van der Waals surface area contributed by atoms with Crippen LogP contribution in [0.1, 0.15) is 0 Å². The van der Waals surface area contributed by atoms with Crippen LogP contribution in [-0.4, -0.2) is 0 Å². The molecule has 78 valence electrons. The molecule has 0 amide bonds. The predicted octanol–water partition coefficient (Wildman–Crippen LogP) is 4.01. The summed E-state index contributed by atoms with van der Waals surface area (Å²) in [6.07, 6.45) is 0. The fourth-order valence-electron chi connectivity index (χ4n) is 1.36. The van der Waals surface area contributed by atoms with Crippen LogP contribution in [0.4, 0.5) is 5.69 Å². The number of nitrogens with two attached hydrogens (primary N) is 1. The fraction of sp³-hybridized carbons (Fsp3) is 0. The number of benzene rings is 2. The Morgan fingerprint density at radius 3 is 2.07 bits per heavy atom. The highest BCUT2D eigenvalue weighted by molar-refractivity contribution is 6.33. The van der Waals surface area contributed by atoms with E-state index in [9.17, 15) is 0 Å². The number of anilines is 1. The van der Waals surface area contributed by atoms with Crippen LogP contribution >= 0.6 is 24.0 Å².